The molecule has 3 nitrogen and oxygen atoms in total. The van der Waals surface area contributed by atoms with Gasteiger partial charge in [-0.25, -0.2) is 0 Å². The van der Waals surface area contributed by atoms with Crippen molar-refractivity contribution < 1.29 is 14.3 Å². The van der Waals surface area contributed by atoms with Gasteiger partial charge < -0.3 is 9.47 Å². The van der Waals surface area contributed by atoms with Crippen molar-refractivity contribution in [2.24, 2.45) is 5.92 Å². The first kappa shape index (κ1) is 8.05. The average Bonchev–Trinajstić information content (AvgIpc) is 2.81. The van der Waals surface area contributed by atoms with Crippen LogP contribution in [-0.2, 0) is 14.3 Å². The SMILES string of the molecule is CCOC(=O)[C@@H]1CCC2OC2C1. The van der Waals surface area contributed by atoms with Gasteiger partial charge in [-0.2, -0.15) is 0 Å². The molecule has 3 atom stereocenters. The summed E-state index contributed by atoms with van der Waals surface area (Å²) in [6.45, 7) is 2.33. The molecule has 68 valence electrons. The minimum atomic E-state index is -0.0357. The lowest BCUT2D eigenvalue weighted by molar-refractivity contribution is -0.148. The molecule has 0 aromatic carbocycles. The van der Waals surface area contributed by atoms with E-state index in [0.29, 0.717) is 18.8 Å². The minimum Gasteiger partial charge on any atom is -0.466 e. The summed E-state index contributed by atoms with van der Waals surface area (Å²) in [5, 5.41) is 0. The zero-order valence-corrected chi connectivity index (χ0v) is 7.29. The van der Waals surface area contributed by atoms with Crippen LogP contribution in [0.3, 0.4) is 0 Å². The fourth-order valence-electron chi connectivity index (χ4n) is 1.88. The van der Waals surface area contributed by atoms with E-state index in [1.165, 1.54) is 0 Å². The van der Waals surface area contributed by atoms with Gasteiger partial charge in [-0.05, 0) is 26.2 Å². The Morgan fingerprint density at radius 3 is 3.00 bits per heavy atom. The molecular formula is C9H14O3. The highest BCUT2D eigenvalue weighted by Crippen LogP contribution is 2.39. The second-order valence-corrected chi connectivity index (χ2v) is 3.48. The first-order chi connectivity index (χ1) is 5.81. The molecule has 3 heteroatoms. The molecule has 0 aromatic heterocycles. The molecule has 0 spiro atoms. The van der Waals surface area contributed by atoms with E-state index in [2.05, 4.69) is 0 Å². The summed E-state index contributed by atoms with van der Waals surface area (Å²) in [5.41, 5.74) is 0. The van der Waals surface area contributed by atoms with E-state index in [1.807, 2.05) is 6.92 Å². The van der Waals surface area contributed by atoms with Crippen molar-refractivity contribution in [2.75, 3.05) is 6.61 Å². The van der Waals surface area contributed by atoms with Gasteiger partial charge in [0, 0.05) is 0 Å². The van der Waals surface area contributed by atoms with Crippen molar-refractivity contribution in [1.29, 1.82) is 0 Å². The third kappa shape index (κ3) is 1.46. The number of carbonyl (C=O) groups excluding carboxylic acids is 1. The van der Waals surface area contributed by atoms with Crippen LogP contribution in [0.2, 0.25) is 0 Å². The van der Waals surface area contributed by atoms with E-state index in [9.17, 15) is 4.79 Å². The van der Waals surface area contributed by atoms with E-state index in [4.69, 9.17) is 9.47 Å². The number of esters is 1. The Kier molecular flexibility index (Phi) is 2.05. The maximum Gasteiger partial charge on any atom is 0.309 e. The highest BCUT2D eigenvalue weighted by atomic mass is 16.6. The smallest absolute Gasteiger partial charge is 0.309 e. The normalized spacial score (nSPS) is 38.6. The molecule has 0 amide bonds. The van der Waals surface area contributed by atoms with E-state index in [1.54, 1.807) is 0 Å². The van der Waals surface area contributed by atoms with Crippen LogP contribution in [0.5, 0.6) is 0 Å². The Bertz CT molecular complexity index is 190. The van der Waals surface area contributed by atoms with Gasteiger partial charge in [0.1, 0.15) is 0 Å². The van der Waals surface area contributed by atoms with E-state index >= 15 is 0 Å². The summed E-state index contributed by atoms with van der Waals surface area (Å²) in [7, 11) is 0. The standard InChI is InChI=1S/C9H14O3/c1-2-11-9(10)6-3-4-7-8(5-6)12-7/h6-8H,2-5H2,1H3/t6-,7?,8?/m1/s1. The monoisotopic (exact) mass is 170 g/mol. The Hall–Kier alpha value is -0.570. The van der Waals surface area contributed by atoms with Gasteiger partial charge in [0.25, 0.3) is 0 Å². The van der Waals surface area contributed by atoms with Gasteiger partial charge in [-0.1, -0.05) is 0 Å². The van der Waals surface area contributed by atoms with Crippen molar-refractivity contribution in [2.45, 2.75) is 38.4 Å². The van der Waals surface area contributed by atoms with Crippen LogP contribution in [0.4, 0.5) is 0 Å². The number of epoxide rings is 1. The van der Waals surface area contributed by atoms with Crippen LogP contribution in [-0.4, -0.2) is 24.8 Å². The summed E-state index contributed by atoms with van der Waals surface area (Å²) < 4.78 is 10.3. The summed E-state index contributed by atoms with van der Waals surface area (Å²) in [4.78, 5) is 11.3. The Balaban J connectivity index is 1.83. The third-order valence-corrected chi connectivity index (χ3v) is 2.62. The van der Waals surface area contributed by atoms with Crippen LogP contribution < -0.4 is 0 Å². The molecule has 0 bridgehead atoms. The molecule has 2 rings (SSSR count). The van der Waals surface area contributed by atoms with Crippen LogP contribution in [0.25, 0.3) is 0 Å². The van der Waals surface area contributed by atoms with E-state index in [-0.39, 0.29) is 11.9 Å². The molecule has 2 aliphatic rings. The molecular weight excluding hydrogens is 156 g/mol. The lowest BCUT2D eigenvalue weighted by Gasteiger charge is -2.16. The van der Waals surface area contributed by atoms with Crippen molar-refractivity contribution in [3.63, 3.8) is 0 Å². The highest BCUT2D eigenvalue weighted by Gasteiger charge is 2.46. The summed E-state index contributed by atoms with van der Waals surface area (Å²) in [6.07, 6.45) is 3.70. The van der Waals surface area contributed by atoms with Gasteiger partial charge in [0.15, 0.2) is 0 Å². The van der Waals surface area contributed by atoms with Crippen molar-refractivity contribution in [1.82, 2.24) is 0 Å². The molecule has 12 heavy (non-hydrogen) atoms. The predicted molar refractivity (Wildman–Crippen MR) is 42.6 cm³/mol. The van der Waals surface area contributed by atoms with Crippen molar-refractivity contribution in [3.05, 3.63) is 0 Å². The number of rotatable bonds is 2. The van der Waals surface area contributed by atoms with Crippen LogP contribution in [0.15, 0.2) is 0 Å². The highest BCUT2D eigenvalue weighted by molar-refractivity contribution is 5.72. The fourth-order valence-corrected chi connectivity index (χ4v) is 1.88. The van der Waals surface area contributed by atoms with Gasteiger partial charge in [-0.15, -0.1) is 0 Å². The second kappa shape index (κ2) is 3.05. The Morgan fingerprint density at radius 2 is 2.33 bits per heavy atom. The number of hydrogen-bond acceptors (Lipinski definition) is 3. The molecule has 1 saturated heterocycles. The predicted octanol–water partition coefficient (Wildman–Crippen LogP) is 1.12. The van der Waals surface area contributed by atoms with E-state index < -0.39 is 0 Å². The number of carbonyl (C=O) groups is 1. The topological polar surface area (TPSA) is 38.8 Å². The van der Waals surface area contributed by atoms with Gasteiger partial charge >= 0.3 is 5.97 Å². The molecule has 1 heterocycles. The molecule has 1 aliphatic carbocycles. The maximum absolute atomic E-state index is 11.3. The second-order valence-electron chi connectivity index (χ2n) is 3.48. The van der Waals surface area contributed by atoms with Crippen molar-refractivity contribution >= 4 is 5.97 Å². The lowest BCUT2D eigenvalue weighted by atomic mass is 9.89. The van der Waals surface area contributed by atoms with Gasteiger partial charge in [0.2, 0.25) is 0 Å². The first-order valence-corrected chi connectivity index (χ1v) is 4.63. The number of hydrogen-bond donors (Lipinski definition) is 0. The largest absolute Gasteiger partial charge is 0.466 e. The van der Waals surface area contributed by atoms with E-state index in [0.717, 1.165) is 19.3 Å². The van der Waals surface area contributed by atoms with Crippen molar-refractivity contribution in [3.8, 4) is 0 Å². The molecule has 1 aliphatic heterocycles. The minimum absolute atomic E-state index is 0.0357. The molecule has 2 unspecified atom stereocenters. The van der Waals surface area contributed by atoms with Gasteiger partial charge in [0.05, 0.1) is 24.7 Å². The first-order valence-electron chi connectivity index (χ1n) is 4.63. The van der Waals surface area contributed by atoms with Gasteiger partial charge in [-0.3, -0.25) is 4.79 Å². The molecule has 0 aromatic rings. The Morgan fingerprint density at radius 1 is 1.50 bits per heavy atom. The Labute approximate surface area is 72.0 Å². The molecule has 0 N–H and O–H groups in total. The number of ether oxygens (including phenoxy) is 2. The summed E-state index contributed by atoms with van der Waals surface area (Å²) in [6, 6.07) is 0. The zero-order valence-electron chi connectivity index (χ0n) is 7.29. The summed E-state index contributed by atoms with van der Waals surface area (Å²) in [5.74, 6) is 0.0696. The quantitative estimate of drug-likeness (QED) is 0.460. The summed E-state index contributed by atoms with van der Waals surface area (Å²) >= 11 is 0. The maximum atomic E-state index is 11.3. The third-order valence-electron chi connectivity index (χ3n) is 2.62. The van der Waals surface area contributed by atoms with Crippen LogP contribution in [0.1, 0.15) is 26.2 Å². The molecule has 2 fully saturated rings. The lowest BCUT2D eigenvalue weighted by Crippen LogP contribution is -2.23. The molecule has 1 saturated carbocycles. The number of fused-ring (bicyclic) bond motifs is 1. The fraction of sp³-hybridized carbons (Fsp3) is 0.889. The van der Waals surface area contributed by atoms with Crippen LogP contribution >= 0.6 is 0 Å². The zero-order chi connectivity index (χ0) is 8.55. The average molecular weight is 170 g/mol. The van der Waals surface area contributed by atoms with Crippen LogP contribution in [0, 0.1) is 5.92 Å². The molecule has 0 radical (unpaired) electrons.